The molecule has 0 unspecified atom stereocenters. The molecular weight excluding hydrogens is 452 g/mol. The first-order chi connectivity index (χ1) is 13.7. The zero-order valence-corrected chi connectivity index (χ0v) is 19.5. The summed E-state index contributed by atoms with van der Waals surface area (Å²) in [6.07, 6.45) is 0. The fraction of sp³-hybridized carbons (Fsp3) is 0.364. The van der Waals surface area contributed by atoms with Crippen molar-refractivity contribution in [3.63, 3.8) is 0 Å². The first-order valence-electron chi connectivity index (χ1n) is 9.52. The molecule has 0 atom stereocenters. The monoisotopic (exact) mass is 478 g/mol. The van der Waals surface area contributed by atoms with Gasteiger partial charge in [0, 0.05) is 10.2 Å². The van der Waals surface area contributed by atoms with Gasteiger partial charge in [-0.1, -0.05) is 43.6 Å². The van der Waals surface area contributed by atoms with E-state index in [1.165, 1.54) is 0 Å². The number of carbonyl (C=O) groups excluding carboxylic acids is 1. The van der Waals surface area contributed by atoms with Crippen LogP contribution in [0.2, 0.25) is 0 Å². The summed E-state index contributed by atoms with van der Waals surface area (Å²) in [4.78, 5) is 12.7. The van der Waals surface area contributed by atoms with E-state index in [0.717, 1.165) is 15.9 Å². The standard InChI is InChI=1S/C22H27BrN2O3S/c1-14(2)12-27-18-8-6-17(7-9-18)24-22(29)25-21(26)19-11-16(23)5-10-20(19)28-13-15(3)4/h5-11,14-15H,12-13H2,1-4H3,(H2,24,25,26,29). The minimum Gasteiger partial charge on any atom is -0.493 e. The van der Waals surface area contributed by atoms with Gasteiger partial charge in [-0.15, -0.1) is 0 Å². The first kappa shape index (κ1) is 23.2. The SMILES string of the molecule is CC(C)COc1ccc(NC(=S)NC(=O)c2cc(Br)ccc2OCC(C)C)cc1. The highest BCUT2D eigenvalue weighted by atomic mass is 79.9. The average Bonchev–Trinajstić information content (AvgIpc) is 2.66. The minimum atomic E-state index is -0.334. The summed E-state index contributed by atoms with van der Waals surface area (Å²) in [6, 6.07) is 12.8. The second-order valence-electron chi connectivity index (χ2n) is 7.48. The van der Waals surface area contributed by atoms with Crippen LogP contribution in [0.5, 0.6) is 11.5 Å². The van der Waals surface area contributed by atoms with Crippen molar-refractivity contribution in [3.8, 4) is 11.5 Å². The predicted molar refractivity (Wildman–Crippen MR) is 125 cm³/mol. The summed E-state index contributed by atoms with van der Waals surface area (Å²) in [5.74, 6) is 1.79. The van der Waals surface area contributed by atoms with Crippen molar-refractivity contribution in [2.45, 2.75) is 27.7 Å². The largest absolute Gasteiger partial charge is 0.493 e. The maximum atomic E-state index is 12.7. The zero-order valence-electron chi connectivity index (χ0n) is 17.1. The van der Waals surface area contributed by atoms with Crippen molar-refractivity contribution in [2.75, 3.05) is 18.5 Å². The van der Waals surface area contributed by atoms with E-state index in [4.69, 9.17) is 21.7 Å². The molecule has 5 nitrogen and oxygen atoms in total. The maximum Gasteiger partial charge on any atom is 0.261 e. The quantitative estimate of drug-likeness (QED) is 0.480. The van der Waals surface area contributed by atoms with E-state index < -0.39 is 0 Å². The highest BCUT2D eigenvalue weighted by Crippen LogP contribution is 2.24. The fourth-order valence-corrected chi connectivity index (χ4v) is 2.86. The van der Waals surface area contributed by atoms with Crippen molar-refractivity contribution in [1.29, 1.82) is 0 Å². The number of ether oxygens (including phenoxy) is 2. The van der Waals surface area contributed by atoms with Gasteiger partial charge in [-0.05, 0) is 66.5 Å². The van der Waals surface area contributed by atoms with Gasteiger partial charge in [0.25, 0.3) is 5.91 Å². The molecular formula is C22H27BrN2O3S. The Balaban J connectivity index is 1.98. The molecule has 0 fully saturated rings. The number of rotatable bonds is 8. The second kappa shape index (κ2) is 11.2. The zero-order chi connectivity index (χ0) is 21.4. The lowest BCUT2D eigenvalue weighted by Crippen LogP contribution is -2.34. The number of nitrogens with one attached hydrogen (secondary N) is 2. The van der Waals surface area contributed by atoms with E-state index in [-0.39, 0.29) is 11.0 Å². The smallest absolute Gasteiger partial charge is 0.261 e. The van der Waals surface area contributed by atoms with Crippen LogP contribution < -0.4 is 20.1 Å². The van der Waals surface area contributed by atoms with Gasteiger partial charge < -0.3 is 14.8 Å². The van der Waals surface area contributed by atoms with Gasteiger partial charge in [0.15, 0.2) is 5.11 Å². The van der Waals surface area contributed by atoms with Crippen LogP contribution in [0.4, 0.5) is 5.69 Å². The van der Waals surface area contributed by atoms with E-state index in [9.17, 15) is 4.79 Å². The molecule has 0 aliphatic heterocycles. The molecule has 0 heterocycles. The van der Waals surface area contributed by atoms with Crippen LogP contribution in [0.25, 0.3) is 0 Å². The number of amides is 1. The summed E-state index contributed by atoms with van der Waals surface area (Å²) in [5.41, 5.74) is 1.18. The van der Waals surface area contributed by atoms with Crippen molar-refractivity contribution in [2.24, 2.45) is 11.8 Å². The number of halogens is 1. The van der Waals surface area contributed by atoms with Crippen LogP contribution in [0.3, 0.4) is 0 Å². The highest BCUT2D eigenvalue weighted by Gasteiger charge is 2.15. The molecule has 1 amide bonds. The molecule has 156 valence electrons. The molecule has 0 radical (unpaired) electrons. The first-order valence-corrected chi connectivity index (χ1v) is 10.7. The Labute approximate surface area is 186 Å². The van der Waals surface area contributed by atoms with Gasteiger partial charge >= 0.3 is 0 Å². The third-order valence-corrected chi connectivity index (χ3v) is 4.38. The van der Waals surface area contributed by atoms with Crippen molar-refractivity contribution >= 4 is 44.9 Å². The molecule has 0 spiro atoms. The van der Waals surface area contributed by atoms with Crippen molar-refractivity contribution in [3.05, 3.63) is 52.5 Å². The fourth-order valence-electron chi connectivity index (χ4n) is 2.29. The molecule has 29 heavy (non-hydrogen) atoms. The van der Waals surface area contributed by atoms with Crippen LogP contribution in [-0.2, 0) is 0 Å². The second-order valence-corrected chi connectivity index (χ2v) is 8.81. The molecule has 2 aromatic carbocycles. The molecule has 2 rings (SSSR count). The van der Waals surface area contributed by atoms with Gasteiger partial charge in [-0.3, -0.25) is 10.1 Å². The van der Waals surface area contributed by atoms with Gasteiger partial charge in [0.05, 0.1) is 18.8 Å². The van der Waals surface area contributed by atoms with Crippen molar-refractivity contribution in [1.82, 2.24) is 5.32 Å². The molecule has 0 bridgehead atoms. The Morgan fingerprint density at radius 3 is 2.24 bits per heavy atom. The van der Waals surface area contributed by atoms with Crippen LogP contribution in [0.15, 0.2) is 46.9 Å². The average molecular weight is 479 g/mol. The van der Waals surface area contributed by atoms with Gasteiger partial charge in [-0.2, -0.15) is 0 Å². The molecule has 0 aliphatic carbocycles. The number of hydrogen-bond donors (Lipinski definition) is 2. The van der Waals surface area contributed by atoms with Gasteiger partial charge in [-0.25, -0.2) is 0 Å². The topological polar surface area (TPSA) is 59.6 Å². The minimum absolute atomic E-state index is 0.209. The Bertz CT molecular complexity index is 838. The van der Waals surface area contributed by atoms with Crippen LogP contribution in [0, 0.1) is 11.8 Å². The van der Waals surface area contributed by atoms with Crippen molar-refractivity contribution < 1.29 is 14.3 Å². The van der Waals surface area contributed by atoms with E-state index in [0.29, 0.717) is 36.4 Å². The lowest BCUT2D eigenvalue weighted by molar-refractivity contribution is 0.0973. The number of anilines is 1. The van der Waals surface area contributed by atoms with E-state index >= 15 is 0 Å². The summed E-state index contributed by atoms with van der Waals surface area (Å²) in [6.45, 7) is 9.49. The summed E-state index contributed by atoms with van der Waals surface area (Å²) in [5, 5.41) is 5.92. The van der Waals surface area contributed by atoms with E-state index in [2.05, 4.69) is 54.3 Å². The Morgan fingerprint density at radius 2 is 1.62 bits per heavy atom. The van der Waals surface area contributed by atoms with E-state index in [1.54, 1.807) is 12.1 Å². The van der Waals surface area contributed by atoms with Gasteiger partial charge in [0.2, 0.25) is 0 Å². The highest BCUT2D eigenvalue weighted by molar-refractivity contribution is 9.10. The third kappa shape index (κ3) is 8.03. The molecule has 0 aromatic heterocycles. The predicted octanol–water partition coefficient (Wildman–Crippen LogP) is 5.65. The molecule has 0 aliphatic rings. The summed E-state index contributed by atoms with van der Waals surface area (Å²) < 4.78 is 12.2. The number of carbonyl (C=O) groups is 1. The Hall–Kier alpha value is -2.12. The number of thiocarbonyl (C=S) groups is 1. The molecule has 7 heteroatoms. The van der Waals surface area contributed by atoms with Crippen LogP contribution in [0.1, 0.15) is 38.1 Å². The molecule has 0 saturated carbocycles. The Morgan fingerprint density at radius 1 is 1.00 bits per heavy atom. The number of benzene rings is 2. The van der Waals surface area contributed by atoms with Crippen LogP contribution in [-0.4, -0.2) is 24.2 Å². The molecule has 0 saturated heterocycles. The molecule has 2 N–H and O–H groups in total. The lowest BCUT2D eigenvalue weighted by atomic mass is 10.2. The lowest BCUT2D eigenvalue weighted by Gasteiger charge is -2.15. The molecule has 2 aromatic rings. The van der Waals surface area contributed by atoms with E-state index in [1.807, 2.05) is 30.3 Å². The third-order valence-electron chi connectivity index (χ3n) is 3.68. The normalized spacial score (nSPS) is 10.7. The van der Waals surface area contributed by atoms with Crippen LogP contribution >= 0.6 is 28.1 Å². The summed E-state index contributed by atoms with van der Waals surface area (Å²) in [7, 11) is 0. The number of hydrogen-bond acceptors (Lipinski definition) is 4. The summed E-state index contributed by atoms with van der Waals surface area (Å²) >= 11 is 8.68. The maximum absolute atomic E-state index is 12.7. The Kier molecular flexibility index (Phi) is 8.92. The van der Waals surface area contributed by atoms with Gasteiger partial charge in [0.1, 0.15) is 11.5 Å².